The van der Waals surface area contributed by atoms with Crippen molar-refractivity contribution in [2.75, 3.05) is 11.9 Å². The second kappa shape index (κ2) is 4.97. The number of hydrogen-bond acceptors (Lipinski definition) is 5. The SMILES string of the molecule is Cc1csc2c(NCCc3ccnn3C)ncnc12. The molecular weight excluding hydrogens is 258 g/mol. The van der Waals surface area contributed by atoms with Crippen molar-refractivity contribution in [1.29, 1.82) is 0 Å². The number of rotatable bonds is 4. The highest BCUT2D eigenvalue weighted by Crippen LogP contribution is 2.28. The minimum absolute atomic E-state index is 0.836. The minimum atomic E-state index is 0.836. The predicted molar refractivity (Wildman–Crippen MR) is 77.6 cm³/mol. The predicted octanol–water partition coefficient (Wildman–Crippen LogP) is 2.39. The Morgan fingerprint density at radius 2 is 2.26 bits per heavy atom. The zero-order valence-electron chi connectivity index (χ0n) is 10.9. The summed E-state index contributed by atoms with van der Waals surface area (Å²) in [6.07, 6.45) is 4.36. The zero-order valence-corrected chi connectivity index (χ0v) is 11.7. The lowest BCUT2D eigenvalue weighted by atomic mass is 10.3. The highest BCUT2D eigenvalue weighted by Gasteiger charge is 2.07. The molecule has 0 aliphatic carbocycles. The Balaban J connectivity index is 1.74. The second-order valence-corrected chi connectivity index (χ2v) is 5.32. The highest BCUT2D eigenvalue weighted by molar-refractivity contribution is 7.18. The largest absolute Gasteiger partial charge is 0.368 e. The summed E-state index contributed by atoms with van der Waals surface area (Å²) in [5, 5.41) is 9.66. The Morgan fingerprint density at radius 3 is 3.05 bits per heavy atom. The van der Waals surface area contributed by atoms with Gasteiger partial charge in [-0.1, -0.05) is 0 Å². The van der Waals surface area contributed by atoms with Crippen LogP contribution in [0.1, 0.15) is 11.3 Å². The van der Waals surface area contributed by atoms with Crippen molar-refractivity contribution < 1.29 is 0 Å². The summed E-state index contributed by atoms with van der Waals surface area (Å²) < 4.78 is 3.03. The normalized spacial score (nSPS) is 11.1. The monoisotopic (exact) mass is 273 g/mol. The van der Waals surface area contributed by atoms with E-state index >= 15 is 0 Å². The molecule has 0 atom stereocenters. The number of fused-ring (bicyclic) bond motifs is 1. The van der Waals surface area contributed by atoms with Gasteiger partial charge in [0.1, 0.15) is 12.1 Å². The number of nitrogens with one attached hydrogen (secondary N) is 1. The number of aryl methyl sites for hydroxylation is 2. The summed E-state index contributed by atoms with van der Waals surface area (Å²) in [5.41, 5.74) is 3.46. The molecule has 0 aromatic carbocycles. The van der Waals surface area contributed by atoms with Crippen molar-refractivity contribution in [3.05, 3.63) is 35.2 Å². The Labute approximate surface area is 115 Å². The quantitative estimate of drug-likeness (QED) is 0.793. The van der Waals surface area contributed by atoms with Crippen LogP contribution in [-0.2, 0) is 13.5 Å². The highest BCUT2D eigenvalue weighted by atomic mass is 32.1. The first kappa shape index (κ1) is 12.1. The summed E-state index contributed by atoms with van der Waals surface area (Å²) in [4.78, 5) is 8.65. The molecule has 0 unspecified atom stereocenters. The van der Waals surface area contributed by atoms with Gasteiger partial charge in [0.25, 0.3) is 0 Å². The van der Waals surface area contributed by atoms with Crippen LogP contribution in [0.25, 0.3) is 10.2 Å². The van der Waals surface area contributed by atoms with Gasteiger partial charge >= 0.3 is 0 Å². The number of thiophene rings is 1. The lowest BCUT2D eigenvalue weighted by Crippen LogP contribution is -2.09. The molecule has 0 saturated heterocycles. The Hall–Kier alpha value is -1.95. The third kappa shape index (κ3) is 2.31. The average Bonchev–Trinajstić information content (AvgIpc) is 2.98. The van der Waals surface area contributed by atoms with Crippen molar-refractivity contribution >= 4 is 27.4 Å². The van der Waals surface area contributed by atoms with Crippen molar-refractivity contribution in [3.63, 3.8) is 0 Å². The van der Waals surface area contributed by atoms with Gasteiger partial charge < -0.3 is 5.32 Å². The fourth-order valence-electron chi connectivity index (χ4n) is 2.05. The molecule has 5 nitrogen and oxygen atoms in total. The van der Waals surface area contributed by atoms with E-state index in [-0.39, 0.29) is 0 Å². The molecule has 0 aliphatic heterocycles. The van der Waals surface area contributed by atoms with Crippen LogP contribution in [0.2, 0.25) is 0 Å². The summed E-state index contributed by atoms with van der Waals surface area (Å²) in [6.45, 7) is 2.91. The third-order valence-electron chi connectivity index (χ3n) is 3.13. The van der Waals surface area contributed by atoms with E-state index in [0.717, 1.165) is 29.0 Å². The molecule has 3 heterocycles. The molecular formula is C13H15N5S. The van der Waals surface area contributed by atoms with E-state index in [1.54, 1.807) is 17.7 Å². The standard InChI is InChI=1S/C13H15N5S/c1-9-7-19-12-11(9)15-8-16-13(12)14-5-3-10-4-6-17-18(10)2/h4,6-8H,3,5H2,1-2H3,(H,14,15,16). The van der Waals surface area contributed by atoms with E-state index in [4.69, 9.17) is 0 Å². The summed E-state index contributed by atoms with van der Waals surface area (Å²) in [5.74, 6) is 0.922. The fourth-order valence-corrected chi connectivity index (χ4v) is 3.02. The first-order valence-electron chi connectivity index (χ1n) is 6.15. The van der Waals surface area contributed by atoms with Crippen molar-refractivity contribution in [2.24, 2.45) is 7.05 Å². The maximum atomic E-state index is 4.33. The Morgan fingerprint density at radius 1 is 1.37 bits per heavy atom. The van der Waals surface area contributed by atoms with Crippen LogP contribution in [-0.4, -0.2) is 26.3 Å². The summed E-state index contributed by atoms with van der Waals surface area (Å²) >= 11 is 1.69. The van der Waals surface area contributed by atoms with Gasteiger partial charge in [0, 0.05) is 31.9 Å². The van der Waals surface area contributed by atoms with Crippen LogP contribution < -0.4 is 5.32 Å². The van der Waals surface area contributed by atoms with E-state index < -0.39 is 0 Å². The van der Waals surface area contributed by atoms with E-state index in [0.29, 0.717) is 0 Å². The minimum Gasteiger partial charge on any atom is -0.368 e. The lowest BCUT2D eigenvalue weighted by Gasteiger charge is -2.06. The van der Waals surface area contributed by atoms with Crippen LogP contribution in [0.15, 0.2) is 24.0 Å². The zero-order chi connectivity index (χ0) is 13.2. The third-order valence-corrected chi connectivity index (χ3v) is 4.22. The first-order valence-corrected chi connectivity index (χ1v) is 7.03. The molecule has 0 amide bonds. The van der Waals surface area contributed by atoms with E-state index in [9.17, 15) is 0 Å². The number of nitrogens with zero attached hydrogens (tertiary/aromatic N) is 4. The van der Waals surface area contributed by atoms with Gasteiger partial charge in [-0.25, -0.2) is 9.97 Å². The van der Waals surface area contributed by atoms with Crippen LogP contribution in [0.5, 0.6) is 0 Å². The fraction of sp³-hybridized carbons (Fsp3) is 0.308. The lowest BCUT2D eigenvalue weighted by molar-refractivity contribution is 0.711. The molecule has 0 fully saturated rings. The second-order valence-electron chi connectivity index (χ2n) is 4.44. The van der Waals surface area contributed by atoms with Crippen molar-refractivity contribution in [2.45, 2.75) is 13.3 Å². The molecule has 98 valence electrons. The summed E-state index contributed by atoms with van der Waals surface area (Å²) in [7, 11) is 1.96. The molecule has 19 heavy (non-hydrogen) atoms. The molecule has 3 aromatic heterocycles. The van der Waals surface area contributed by atoms with Crippen LogP contribution in [0, 0.1) is 6.92 Å². The van der Waals surface area contributed by atoms with E-state index in [1.165, 1.54) is 11.3 Å². The molecule has 3 aromatic rings. The molecule has 0 saturated carbocycles. The Bertz CT molecular complexity index is 700. The molecule has 1 N–H and O–H groups in total. The number of hydrogen-bond donors (Lipinski definition) is 1. The molecule has 3 rings (SSSR count). The smallest absolute Gasteiger partial charge is 0.147 e. The van der Waals surface area contributed by atoms with Gasteiger partial charge in [-0.3, -0.25) is 4.68 Å². The molecule has 0 bridgehead atoms. The van der Waals surface area contributed by atoms with Gasteiger partial charge in [-0.05, 0) is 23.9 Å². The van der Waals surface area contributed by atoms with Crippen LogP contribution in [0.3, 0.4) is 0 Å². The van der Waals surface area contributed by atoms with Crippen LogP contribution in [0.4, 0.5) is 5.82 Å². The number of aromatic nitrogens is 4. The number of anilines is 1. The van der Waals surface area contributed by atoms with Gasteiger partial charge in [-0.15, -0.1) is 11.3 Å². The molecule has 0 aliphatic rings. The van der Waals surface area contributed by atoms with Gasteiger partial charge in [-0.2, -0.15) is 5.10 Å². The molecule has 6 heteroatoms. The van der Waals surface area contributed by atoms with E-state index in [2.05, 4.69) is 32.7 Å². The van der Waals surface area contributed by atoms with Crippen molar-refractivity contribution in [1.82, 2.24) is 19.7 Å². The van der Waals surface area contributed by atoms with Crippen LogP contribution >= 0.6 is 11.3 Å². The first-order chi connectivity index (χ1) is 9.25. The average molecular weight is 273 g/mol. The maximum absolute atomic E-state index is 4.33. The van der Waals surface area contributed by atoms with Gasteiger partial charge in [0.2, 0.25) is 0 Å². The van der Waals surface area contributed by atoms with Gasteiger partial charge in [0.15, 0.2) is 0 Å². The van der Waals surface area contributed by atoms with Gasteiger partial charge in [0.05, 0.1) is 10.2 Å². The maximum Gasteiger partial charge on any atom is 0.147 e. The van der Waals surface area contributed by atoms with Crippen molar-refractivity contribution in [3.8, 4) is 0 Å². The molecule has 0 spiro atoms. The summed E-state index contributed by atoms with van der Waals surface area (Å²) in [6, 6.07) is 2.03. The molecule has 0 radical (unpaired) electrons. The Kier molecular flexibility index (Phi) is 3.16. The van der Waals surface area contributed by atoms with E-state index in [1.807, 2.05) is 24.0 Å². The topological polar surface area (TPSA) is 55.6 Å².